The van der Waals surface area contributed by atoms with Crippen LogP contribution in [0.25, 0.3) is 0 Å². The van der Waals surface area contributed by atoms with Crippen LogP contribution in [0.5, 0.6) is 0 Å². The first-order valence-corrected chi connectivity index (χ1v) is 5.63. The number of halogens is 4. The van der Waals surface area contributed by atoms with Crippen LogP contribution in [0.1, 0.15) is 0 Å². The average Bonchev–Trinajstić information content (AvgIpc) is 2.39. The summed E-state index contributed by atoms with van der Waals surface area (Å²) in [5, 5.41) is 13.1. The van der Waals surface area contributed by atoms with Crippen LogP contribution in [0.15, 0.2) is 30.3 Å². The largest absolute Gasteiger partial charge is 0.347 e. The number of hydrogen-bond acceptors (Lipinski definition) is 3. The molecule has 0 bridgehead atoms. The fourth-order valence-corrected chi connectivity index (χ4v) is 1.81. The van der Waals surface area contributed by atoms with Crippen molar-refractivity contribution < 1.29 is 18.1 Å². The third-order valence-corrected chi connectivity index (χ3v) is 2.78. The molecule has 0 aromatic heterocycles. The van der Waals surface area contributed by atoms with Gasteiger partial charge in [-0.25, -0.2) is 13.2 Å². The zero-order valence-electron chi connectivity index (χ0n) is 9.66. The molecule has 2 aromatic carbocycles. The minimum atomic E-state index is -1.67. The molecule has 4 nitrogen and oxygen atoms in total. The van der Waals surface area contributed by atoms with E-state index in [2.05, 4.69) is 5.32 Å². The second-order valence-corrected chi connectivity index (χ2v) is 4.15. The molecule has 0 spiro atoms. The van der Waals surface area contributed by atoms with Crippen molar-refractivity contribution in [2.75, 3.05) is 5.32 Å². The number of rotatable bonds is 3. The molecule has 1 N–H and O–H groups in total. The lowest BCUT2D eigenvalue weighted by Gasteiger charge is -2.09. The molecule has 8 heteroatoms. The minimum absolute atomic E-state index is 0.132. The molecule has 104 valence electrons. The Morgan fingerprint density at radius 1 is 1.05 bits per heavy atom. The van der Waals surface area contributed by atoms with Gasteiger partial charge < -0.3 is 5.32 Å². The first kappa shape index (κ1) is 14.1. The summed E-state index contributed by atoms with van der Waals surface area (Å²) < 4.78 is 39.4. The zero-order chi connectivity index (χ0) is 14.9. The molecule has 0 aliphatic heterocycles. The first-order valence-electron chi connectivity index (χ1n) is 5.25. The van der Waals surface area contributed by atoms with Gasteiger partial charge >= 0.3 is 5.69 Å². The maximum Gasteiger partial charge on any atom is 0.311 e. The van der Waals surface area contributed by atoms with Crippen LogP contribution in [-0.2, 0) is 0 Å². The van der Waals surface area contributed by atoms with Gasteiger partial charge in [0.25, 0.3) is 0 Å². The highest BCUT2D eigenvalue weighted by atomic mass is 35.5. The standard InChI is InChI=1S/C12H6ClF3N2O2/c13-6-2-1-3-9(12(6)18(19)20)17-8-5-4-7(14)10(15)11(8)16/h1-5,17H. The SMILES string of the molecule is O=[N+]([O-])c1c(Cl)cccc1Nc1ccc(F)c(F)c1F. The monoisotopic (exact) mass is 302 g/mol. The summed E-state index contributed by atoms with van der Waals surface area (Å²) in [6.07, 6.45) is 0. The van der Waals surface area contributed by atoms with Gasteiger partial charge in [0.05, 0.1) is 10.6 Å². The molecule has 0 unspecified atom stereocenters. The number of hydrogen-bond donors (Lipinski definition) is 1. The van der Waals surface area contributed by atoms with Gasteiger partial charge in [0.2, 0.25) is 0 Å². The van der Waals surface area contributed by atoms with Crippen molar-refractivity contribution in [1.82, 2.24) is 0 Å². The quantitative estimate of drug-likeness (QED) is 0.519. The van der Waals surface area contributed by atoms with E-state index in [1.165, 1.54) is 18.2 Å². The number of nitro benzene ring substituents is 1. The van der Waals surface area contributed by atoms with Crippen LogP contribution < -0.4 is 5.32 Å². The third-order valence-electron chi connectivity index (χ3n) is 2.47. The second-order valence-electron chi connectivity index (χ2n) is 3.74. The second kappa shape index (κ2) is 5.38. The van der Waals surface area contributed by atoms with Gasteiger partial charge in [0.15, 0.2) is 17.5 Å². The molecule has 0 atom stereocenters. The van der Waals surface area contributed by atoms with Gasteiger partial charge in [-0.2, -0.15) is 0 Å². The summed E-state index contributed by atoms with van der Waals surface area (Å²) in [6.45, 7) is 0. The van der Waals surface area contributed by atoms with E-state index >= 15 is 0 Å². The van der Waals surface area contributed by atoms with Crippen molar-refractivity contribution in [3.63, 3.8) is 0 Å². The molecular weight excluding hydrogens is 297 g/mol. The fraction of sp³-hybridized carbons (Fsp3) is 0. The van der Waals surface area contributed by atoms with E-state index in [1.807, 2.05) is 0 Å². The minimum Gasteiger partial charge on any atom is -0.347 e. The van der Waals surface area contributed by atoms with E-state index < -0.39 is 33.7 Å². The van der Waals surface area contributed by atoms with Crippen LogP contribution in [-0.4, -0.2) is 4.92 Å². The predicted molar refractivity (Wildman–Crippen MR) is 67.7 cm³/mol. The molecule has 2 aromatic rings. The van der Waals surface area contributed by atoms with Gasteiger partial charge in [-0.3, -0.25) is 10.1 Å². The molecule has 0 saturated carbocycles. The molecule has 0 heterocycles. The predicted octanol–water partition coefficient (Wildman–Crippen LogP) is 4.41. The summed E-state index contributed by atoms with van der Waals surface area (Å²) >= 11 is 5.68. The summed E-state index contributed by atoms with van der Waals surface area (Å²) in [7, 11) is 0. The van der Waals surface area contributed by atoms with Gasteiger partial charge in [-0.05, 0) is 24.3 Å². The maximum atomic E-state index is 13.5. The summed E-state index contributed by atoms with van der Waals surface area (Å²) in [5.41, 5.74) is -1.06. The van der Waals surface area contributed by atoms with Gasteiger partial charge in [-0.15, -0.1) is 0 Å². The van der Waals surface area contributed by atoms with E-state index in [0.717, 1.165) is 6.07 Å². The van der Waals surface area contributed by atoms with Crippen molar-refractivity contribution in [2.24, 2.45) is 0 Å². The van der Waals surface area contributed by atoms with Gasteiger partial charge in [0.1, 0.15) is 10.7 Å². The van der Waals surface area contributed by atoms with Crippen molar-refractivity contribution in [2.45, 2.75) is 0 Å². The van der Waals surface area contributed by atoms with Gasteiger partial charge in [-0.1, -0.05) is 17.7 Å². The van der Waals surface area contributed by atoms with Crippen molar-refractivity contribution >= 4 is 28.7 Å². The lowest BCUT2D eigenvalue weighted by Crippen LogP contribution is -2.01. The number of para-hydroxylation sites is 1. The normalized spacial score (nSPS) is 10.4. The lowest BCUT2D eigenvalue weighted by molar-refractivity contribution is -0.383. The van der Waals surface area contributed by atoms with Crippen molar-refractivity contribution in [3.8, 4) is 0 Å². The van der Waals surface area contributed by atoms with Crippen LogP contribution in [0.3, 0.4) is 0 Å². The Kier molecular flexibility index (Phi) is 3.80. The van der Waals surface area contributed by atoms with E-state index in [-0.39, 0.29) is 10.7 Å². The molecular formula is C12H6ClF3N2O2. The summed E-state index contributed by atoms with van der Waals surface area (Å²) in [6, 6.07) is 5.59. The Morgan fingerprint density at radius 2 is 1.75 bits per heavy atom. The average molecular weight is 303 g/mol. The molecule has 0 aliphatic rings. The number of benzene rings is 2. The summed E-state index contributed by atoms with van der Waals surface area (Å²) in [4.78, 5) is 10.1. The van der Waals surface area contributed by atoms with Crippen molar-refractivity contribution in [3.05, 3.63) is 62.9 Å². The number of nitrogens with zero attached hydrogens (tertiary/aromatic N) is 1. The van der Waals surface area contributed by atoms with Crippen LogP contribution in [0.2, 0.25) is 5.02 Å². The molecule has 0 fully saturated rings. The van der Waals surface area contributed by atoms with Crippen LogP contribution >= 0.6 is 11.6 Å². The Labute approximate surface area is 115 Å². The molecule has 0 radical (unpaired) electrons. The number of anilines is 2. The smallest absolute Gasteiger partial charge is 0.311 e. The van der Waals surface area contributed by atoms with E-state index in [0.29, 0.717) is 6.07 Å². The van der Waals surface area contributed by atoms with Crippen LogP contribution in [0.4, 0.5) is 30.2 Å². The first-order chi connectivity index (χ1) is 9.41. The maximum absolute atomic E-state index is 13.5. The molecule has 2 rings (SSSR count). The van der Waals surface area contributed by atoms with Crippen LogP contribution in [0, 0.1) is 27.6 Å². The molecule has 0 saturated heterocycles. The molecule has 0 amide bonds. The highest BCUT2D eigenvalue weighted by Gasteiger charge is 2.20. The molecule has 20 heavy (non-hydrogen) atoms. The fourth-order valence-electron chi connectivity index (χ4n) is 1.57. The topological polar surface area (TPSA) is 55.2 Å². The Morgan fingerprint density at radius 3 is 2.40 bits per heavy atom. The number of nitro groups is 1. The van der Waals surface area contributed by atoms with E-state index in [4.69, 9.17) is 11.6 Å². The van der Waals surface area contributed by atoms with E-state index in [1.54, 1.807) is 0 Å². The highest BCUT2D eigenvalue weighted by Crippen LogP contribution is 2.35. The Bertz CT molecular complexity index is 695. The number of nitrogens with one attached hydrogen (secondary N) is 1. The Balaban J connectivity index is 2.48. The zero-order valence-corrected chi connectivity index (χ0v) is 10.4. The summed E-state index contributed by atoms with van der Waals surface area (Å²) in [5.74, 6) is -4.49. The highest BCUT2D eigenvalue weighted by molar-refractivity contribution is 6.33. The lowest BCUT2D eigenvalue weighted by atomic mass is 10.2. The van der Waals surface area contributed by atoms with Gasteiger partial charge in [0, 0.05) is 0 Å². The van der Waals surface area contributed by atoms with Crippen molar-refractivity contribution in [1.29, 1.82) is 0 Å². The Hall–Kier alpha value is -2.28. The molecule has 0 aliphatic carbocycles. The third kappa shape index (κ3) is 2.53. The van der Waals surface area contributed by atoms with E-state index in [9.17, 15) is 23.3 Å².